The summed E-state index contributed by atoms with van der Waals surface area (Å²) in [5, 5.41) is 20.8. The van der Waals surface area contributed by atoms with Crippen LogP contribution in [-0.2, 0) is 11.3 Å². The number of aryl methyl sites for hydroxylation is 1. The van der Waals surface area contributed by atoms with Gasteiger partial charge in [-0.05, 0) is 49.1 Å². The first kappa shape index (κ1) is 16.3. The summed E-state index contributed by atoms with van der Waals surface area (Å²) in [6.07, 6.45) is 6.76. The van der Waals surface area contributed by atoms with Crippen molar-refractivity contribution in [3.05, 3.63) is 6.33 Å². The van der Waals surface area contributed by atoms with E-state index in [0.717, 1.165) is 58.3 Å². The quantitative estimate of drug-likeness (QED) is 0.815. The highest BCUT2D eigenvalue weighted by molar-refractivity contribution is 5.76. The van der Waals surface area contributed by atoms with Crippen LogP contribution in [0.4, 0.5) is 0 Å². The molecule has 1 amide bonds. The summed E-state index contributed by atoms with van der Waals surface area (Å²) in [4.78, 5) is 16.7. The number of aliphatic hydroxyl groups is 1. The molecule has 0 spiro atoms. The van der Waals surface area contributed by atoms with Crippen molar-refractivity contribution in [3.63, 3.8) is 0 Å². The third kappa shape index (κ3) is 4.48. The van der Waals surface area contributed by atoms with Crippen LogP contribution < -0.4 is 0 Å². The normalized spacial score (nSPS) is 24.0. The molecule has 2 aliphatic heterocycles. The van der Waals surface area contributed by atoms with E-state index in [0.29, 0.717) is 19.0 Å². The summed E-state index contributed by atoms with van der Waals surface area (Å²) >= 11 is 0. The Morgan fingerprint density at radius 1 is 1.22 bits per heavy atom. The molecule has 2 saturated heterocycles. The molecule has 3 heterocycles. The number of rotatable bonds is 5. The molecule has 1 unspecified atom stereocenters. The number of β-amino-alcohol motifs (C(OH)–C–C–N with tert-alkyl or cyclic N) is 1. The highest BCUT2D eigenvalue weighted by Gasteiger charge is 2.29. The van der Waals surface area contributed by atoms with Crippen LogP contribution in [0.2, 0.25) is 0 Å². The zero-order valence-electron chi connectivity index (χ0n) is 13.5. The van der Waals surface area contributed by atoms with Crippen LogP contribution >= 0.6 is 0 Å². The predicted molar refractivity (Wildman–Crippen MR) is 83.5 cm³/mol. The maximum atomic E-state index is 12.3. The highest BCUT2D eigenvalue weighted by atomic mass is 16.3. The second-order valence-electron chi connectivity index (χ2n) is 6.58. The van der Waals surface area contributed by atoms with Crippen molar-refractivity contribution < 1.29 is 9.90 Å². The van der Waals surface area contributed by atoms with Gasteiger partial charge in [-0.1, -0.05) is 0 Å². The Kier molecular flexibility index (Phi) is 5.56. The fraction of sp³-hybridized carbons (Fsp3) is 0.867. The lowest BCUT2D eigenvalue weighted by Crippen LogP contribution is -2.50. The molecule has 0 radical (unpaired) electrons. The monoisotopic (exact) mass is 322 g/mol. The number of hydrogen-bond donors (Lipinski definition) is 1. The zero-order chi connectivity index (χ0) is 16.1. The first-order valence-electron chi connectivity index (χ1n) is 8.63. The van der Waals surface area contributed by atoms with Gasteiger partial charge in [0.15, 0.2) is 0 Å². The molecule has 8 heteroatoms. The number of hydrogen-bond acceptors (Lipinski definition) is 6. The first-order valence-corrected chi connectivity index (χ1v) is 8.63. The molecule has 1 N–H and O–H groups in total. The Labute approximate surface area is 136 Å². The minimum absolute atomic E-state index is 0.172. The maximum Gasteiger partial charge on any atom is 0.222 e. The second kappa shape index (κ2) is 7.83. The average Bonchev–Trinajstić information content (AvgIpc) is 3.08. The van der Waals surface area contributed by atoms with Gasteiger partial charge in [-0.25, -0.2) is 4.68 Å². The Hall–Kier alpha value is -1.54. The molecule has 0 bridgehead atoms. The summed E-state index contributed by atoms with van der Waals surface area (Å²) in [6, 6.07) is 0.523. The van der Waals surface area contributed by atoms with Gasteiger partial charge < -0.3 is 10.0 Å². The number of aromatic nitrogens is 4. The van der Waals surface area contributed by atoms with E-state index in [1.54, 1.807) is 11.0 Å². The lowest BCUT2D eigenvalue weighted by molar-refractivity contribution is -0.133. The fourth-order valence-corrected chi connectivity index (χ4v) is 3.63. The molecular formula is C15H26N6O2. The van der Waals surface area contributed by atoms with Crippen LogP contribution in [0, 0.1) is 0 Å². The lowest BCUT2D eigenvalue weighted by Gasteiger charge is -2.41. The van der Waals surface area contributed by atoms with Crippen molar-refractivity contribution in [3.8, 4) is 0 Å². The maximum absolute atomic E-state index is 12.3. The number of carbonyl (C=O) groups excluding carboxylic acids is 1. The molecule has 1 aromatic rings. The SMILES string of the molecule is O=C(CCCn1cnnn1)N1CCC(N2CCCC(O)C2)CC1. The van der Waals surface area contributed by atoms with Gasteiger partial charge in [0.05, 0.1) is 6.10 Å². The minimum Gasteiger partial charge on any atom is -0.392 e. The van der Waals surface area contributed by atoms with Crippen LogP contribution in [0.5, 0.6) is 0 Å². The van der Waals surface area contributed by atoms with Crippen LogP contribution in [0.25, 0.3) is 0 Å². The molecule has 128 valence electrons. The smallest absolute Gasteiger partial charge is 0.222 e. The van der Waals surface area contributed by atoms with E-state index in [9.17, 15) is 9.90 Å². The van der Waals surface area contributed by atoms with Crippen molar-refractivity contribution in [2.75, 3.05) is 26.2 Å². The summed E-state index contributed by atoms with van der Waals surface area (Å²) in [7, 11) is 0. The number of tetrazole rings is 1. The number of likely N-dealkylation sites (tertiary alicyclic amines) is 2. The fourth-order valence-electron chi connectivity index (χ4n) is 3.63. The molecule has 3 rings (SSSR count). The molecule has 8 nitrogen and oxygen atoms in total. The predicted octanol–water partition coefficient (Wildman–Crippen LogP) is -0.0990. The van der Waals surface area contributed by atoms with Gasteiger partial charge in [-0.15, -0.1) is 5.10 Å². The van der Waals surface area contributed by atoms with Gasteiger partial charge in [-0.3, -0.25) is 9.69 Å². The Bertz CT molecular complexity index is 486. The van der Waals surface area contributed by atoms with E-state index >= 15 is 0 Å². The van der Waals surface area contributed by atoms with Gasteiger partial charge in [0.1, 0.15) is 6.33 Å². The third-order valence-electron chi connectivity index (χ3n) is 4.93. The molecule has 2 aliphatic rings. The highest BCUT2D eigenvalue weighted by Crippen LogP contribution is 2.21. The molecule has 23 heavy (non-hydrogen) atoms. The van der Waals surface area contributed by atoms with Gasteiger partial charge in [0, 0.05) is 38.6 Å². The molecule has 0 aromatic carbocycles. The molecular weight excluding hydrogens is 296 g/mol. The zero-order valence-corrected chi connectivity index (χ0v) is 13.5. The van der Waals surface area contributed by atoms with Crippen LogP contribution in [-0.4, -0.2) is 79.3 Å². The molecule has 1 aromatic heterocycles. The van der Waals surface area contributed by atoms with E-state index in [-0.39, 0.29) is 12.0 Å². The second-order valence-corrected chi connectivity index (χ2v) is 6.58. The number of aliphatic hydroxyl groups excluding tert-OH is 1. The van der Waals surface area contributed by atoms with E-state index < -0.39 is 0 Å². The third-order valence-corrected chi connectivity index (χ3v) is 4.93. The van der Waals surface area contributed by atoms with Crippen molar-refractivity contribution in [2.24, 2.45) is 0 Å². The number of piperidine rings is 2. The summed E-state index contributed by atoms with van der Waals surface area (Å²) in [5.74, 6) is 0.232. The van der Waals surface area contributed by atoms with E-state index in [1.165, 1.54) is 0 Å². The van der Waals surface area contributed by atoms with Crippen molar-refractivity contribution in [1.29, 1.82) is 0 Å². The van der Waals surface area contributed by atoms with Gasteiger partial charge in [0.2, 0.25) is 5.91 Å². The van der Waals surface area contributed by atoms with Gasteiger partial charge >= 0.3 is 0 Å². The molecule has 1 atom stereocenters. The molecule has 0 saturated carbocycles. The van der Waals surface area contributed by atoms with Crippen LogP contribution in [0.1, 0.15) is 38.5 Å². The minimum atomic E-state index is -0.172. The van der Waals surface area contributed by atoms with Crippen molar-refractivity contribution in [1.82, 2.24) is 30.0 Å². The van der Waals surface area contributed by atoms with Crippen molar-refractivity contribution >= 4 is 5.91 Å². The van der Waals surface area contributed by atoms with Gasteiger partial charge in [-0.2, -0.15) is 0 Å². The number of carbonyl (C=O) groups is 1. The lowest BCUT2D eigenvalue weighted by atomic mass is 9.98. The Morgan fingerprint density at radius 2 is 2.04 bits per heavy atom. The average molecular weight is 322 g/mol. The van der Waals surface area contributed by atoms with E-state index in [2.05, 4.69) is 20.4 Å². The summed E-state index contributed by atoms with van der Waals surface area (Å²) in [5.41, 5.74) is 0. The topological polar surface area (TPSA) is 87.4 Å². The van der Waals surface area contributed by atoms with Gasteiger partial charge in [0.25, 0.3) is 0 Å². The van der Waals surface area contributed by atoms with Crippen LogP contribution in [0.3, 0.4) is 0 Å². The Morgan fingerprint density at radius 3 is 2.74 bits per heavy atom. The number of nitrogens with zero attached hydrogens (tertiary/aromatic N) is 6. The largest absolute Gasteiger partial charge is 0.392 e. The standard InChI is InChI=1S/C15H26N6O2/c22-14-3-1-7-20(11-14)13-5-9-19(10-6-13)15(23)4-2-8-21-12-16-17-18-21/h12-14,22H,1-11H2. The molecule has 0 aliphatic carbocycles. The van der Waals surface area contributed by atoms with Crippen LogP contribution in [0.15, 0.2) is 6.33 Å². The number of amides is 1. The van der Waals surface area contributed by atoms with Crippen molar-refractivity contribution in [2.45, 2.75) is 57.2 Å². The first-order chi connectivity index (χ1) is 11.2. The van der Waals surface area contributed by atoms with E-state index in [1.807, 2.05) is 4.90 Å². The summed E-state index contributed by atoms with van der Waals surface area (Å²) < 4.78 is 1.65. The summed E-state index contributed by atoms with van der Waals surface area (Å²) in [6.45, 7) is 4.23. The Balaban J connectivity index is 1.37. The van der Waals surface area contributed by atoms with E-state index in [4.69, 9.17) is 0 Å². The molecule has 2 fully saturated rings.